The zero-order chi connectivity index (χ0) is 22.1. The molecule has 0 aliphatic rings. The van der Waals surface area contributed by atoms with E-state index in [2.05, 4.69) is 0 Å². The van der Waals surface area contributed by atoms with Gasteiger partial charge in [-0.3, -0.25) is 0 Å². The molecule has 0 radical (unpaired) electrons. The Hall–Kier alpha value is -0.520. The highest BCUT2D eigenvalue weighted by Crippen LogP contribution is 2.97. The predicted molar refractivity (Wildman–Crippen MR) is 113 cm³/mol. The zero-order valence-electron chi connectivity index (χ0n) is 18.0. The van der Waals surface area contributed by atoms with Gasteiger partial charge in [-0.2, -0.15) is 0 Å². The van der Waals surface area contributed by atoms with E-state index in [1.165, 1.54) is 38.5 Å². The largest absolute Gasteiger partial charge is 0.379 e. The monoisotopic (exact) mass is 450 g/mol. The molecule has 0 saturated heterocycles. The lowest BCUT2D eigenvalue weighted by atomic mass is 10.0. The van der Waals surface area contributed by atoms with Crippen LogP contribution in [0.2, 0.25) is 0 Å². The highest BCUT2D eigenvalue weighted by molar-refractivity contribution is 8.49. The molecule has 0 N–H and O–H groups in total. The minimum atomic E-state index is -9.54. The first-order valence-electron chi connectivity index (χ1n) is 10.8. The van der Waals surface area contributed by atoms with Crippen LogP contribution >= 0.6 is 10.2 Å². The normalized spacial score (nSPS) is 14.3. The quantitative estimate of drug-likeness (QED) is 0.118. The van der Waals surface area contributed by atoms with Crippen molar-refractivity contribution in [3.8, 4) is 11.2 Å². The number of unbranched alkanes of at least 4 members (excludes halogenated alkanes) is 12. The summed E-state index contributed by atoms with van der Waals surface area (Å²) >= 11 is 0. The van der Waals surface area contributed by atoms with Crippen LogP contribution in [0.15, 0.2) is 0 Å². The topological polar surface area (TPSA) is 18.5 Å². The van der Waals surface area contributed by atoms with Crippen molar-refractivity contribution in [1.82, 2.24) is 0 Å². The van der Waals surface area contributed by atoms with E-state index in [9.17, 15) is 19.4 Å². The molecule has 0 amide bonds. The Balaban J connectivity index is 3.25. The summed E-state index contributed by atoms with van der Waals surface area (Å²) in [5.74, 6) is 1.58. The second-order valence-electron chi connectivity index (χ2n) is 7.77. The van der Waals surface area contributed by atoms with Gasteiger partial charge in [-0.15, -0.1) is 0 Å². The maximum atomic E-state index is 12.0. The van der Waals surface area contributed by atoms with Gasteiger partial charge in [-0.25, -0.2) is 0 Å². The average Bonchev–Trinajstić information content (AvgIpc) is 2.57. The van der Waals surface area contributed by atoms with Gasteiger partial charge in [0.15, 0.2) is 0 Å². The maximum Gasteiger partial charge on any atom is 0.345 e. The smallest absolute Gasteiger partial charge is 0.345 e. The van der Waals surface area contributed by atoms with E-state index in [1.807, 2.05) is 13.8 Å². The predicted octanol–water partition coefficient (Wildman–Crippen LogP) is 8.76. The van der Waals surface area contributed by atoms with Crippen LogP contribution in [0.5, 0.6) is 0 Å². The Kier molecular flexibility index (Phi) is 13.5. The third kappa shape index (κ3) is 27.5. The average molecular weight is 451 g/mol. The van der Waals surface area contributed by atoms with E-state index in [0.717, 1.165) is 38.7 Å². The molecular weight excluding hydrogens is 411 g/mol. The third-order valence-electron chi connectivity index (χ3n) is 4.28. The molecule has 29 heavy (non-hydrogen) atoms. The van der Waals surface area contributed by atoms with E-state index >= 15 is 0 Å². The lowest BCUT2D eigenvalue weighted by Gasteiger charge is -2.33. The first kappa shape index (κ1) is 28.5. The summed E-state index contributed by atoms with van der Waals surface area (Å²) in [5.41, 5.74) is 0. The summed E-state index contributed by atoms with van der Waals surface area (Å²) in [6, 6.07) is 0. The highest BCUT2D eigenvalue weighted by atomic mass is 32.5. The molecule has 0 aromatic carbocycles. The van der Waals surface area contributed by atoms with Crippen molar-refractivity contribution in [3.63, 3.8) is 0 Å². The second kappa shape index (κ2) is 13.7. The number of rotatable bonds is 18. The molecular formula is C21H39F5O2S. The third-order valence-corrected chi connectivity index (χ3v) is 4.81. The molecule has 0 aliphatic carbocycles. The number of hydrogen-bond donors (Lipinski definition) is 0. The lowest BCUT2D eigenvalue weighted by Crippen LogP contribution is -2.10. The minimum absolute atomic E-state index is 0.123. The Morgan fingerprint density at radius 2 is 1.07 bits per heavy atom. The lowest BCUT2D eigenvalue weighted by molar-refractivity contribution is 0.0186. The molecule has 0 spiro atoms. The summed E-state index contributed by atoms with van der Waals surface area (Å²) in [6.45, 7) is 6.14. The molecule has 0 saturated carbocycles. The van der Waals surface area contributed by atoms with E-state index < -0.39 is 10.2 Å². The number of halogens is 5. The Morgan fingerprint density at radius 1 is 0.621 bits per heavy atom. The fourth-order valence-corrected chi connectivity index (χ4v) is 3.19. The van der Waals surface area contributed by atoms with Crippen molar-refractivity contribution < 1.29 is 28.9 Å². The van der Waals surface area contributed by atoms with E-state index in [-0.39, 0.29) is 17.8 Å². The zero-order valence-corrected chi connectivity index (χ0v) is 18.8. The van der Waals surface area contributed by atoms with Gasteiger partial charge in [0, 0.05) is 13.0 Å². The van der Waals surface area contributed by atoms with Gasteiger partial charge >= 0.3 is 10.2 Å². The Morgan fingerprint density at radius 3 is 1.52 bits per heavy atom. The minimum Gasteiger partial charge on any atom is -0.379 e. The highest BCUT2D eigenvalue weighted by Gasteiger charge is 2.62. The van der Waals surface area contributed by atoms with Crippen LogP contribution in [-0.2, 0) is 9.47 Å². The fraction of sp³-hybridized carbons (Fsp3) is 0.905. The van der Waals surface area contributed by atoms with Crippen molar-refractivity contribution in [2.75, 3.05) is 19.8 Å². The van der Waals surface area contributed by atoms with E-state index in [0.29, 0.717) is 19.6 Å². The van der Waals surface area contributed by atoms with Gasteiger partial charge in [-0.1, -0.05) is 89.6 Å². The number of hydrogen-bond acceptors (Lipinski definition) is 2. The van der Waals surface area contributed by atoms with Crippen LogP contribution in [0, 0.1) is 11.2 Å². The molecule has 0 aromatic heterocycles. The van der Waals surface area contributed by atoms with Gasteiger partial charge in [0.1, 0.15) is 0 Å². The van der Waals surface area contributed by atoms with Crippen LogP contribution in [0.3, 0.4) is 0 Å². The van der Waals surface area contributed by atoms with Gasteiger partial charge in [0.2, 0.25) is 0 Å². The van der Waals surface area contributed by atoms with Crippen molar-refractivity contribution in [2.45, 2.75) is 103 Å². The summed E-state index contributed by atoms with van der Waals surface area (Å²) in [7, 11) is -9.54. The Bertz CT molecular complexity index is 468. The van der Waals surface area contributed by atoms with Crippen molar-refractivity contribution >= 4 is 10.2 Å². The maximum absolute atomic E-state index is 12.0. The summed E-state index contributed by atoms with van der Waals surface area (Å²) in [6.07, 6.45) is 12.7. The molecule has 0 aliphatic heterocycles. The van der Waals surface area contributed by atoms with E-state index in [4.69, 9.17) is 9.47 Å². The van der Waals surface area contributed by atoms with Crippen LogP contribution in [-0.4, -0.2) is 25.9 Å². The first-order valence-corrected chi connectivity index (χ1v) is 12.8. The molecule has 2 nitrogen and oxygen atoms in total. The van der Waals surface area contributed by atoms with Gasteiger partial charge in [0.05, 0.1) is 24.6 Å². The molecule has 8 heteroatoms. The SMILES string of the molecule is CC(C)OCCOCCCCCCCCCCCCCCC#CS(F)(F)(F)(F)F. The molecule has 0 unspecified atom stereocenters. The van der Waals surface area contributed by atoms with Crippen molar-refractivity contribution in [1.29, 1.82) is 0 Å². The molecule has 0 fully saturated rings. The van der Waals surface area contributed by atoms with Gasteiger partial charge in [0.25, 0.3) is 0 Å². The molecule has 0 aromatic rings. The van der Waals surface area contributed by atoms with Crippen LogP contribution < -0.4 is 0 Å². The Labute approximate surface area is 174 Å². The van der Waals surface area contributed by atoms with Crippen molar-refractivity contribution in [2.24, 2.45) is 0 Å². The summed E-state index contributed by atoms with van der Waals surface area (Å²) < 4.78 is 70.8. The van der Waals surface area contributed by atoms with E-state index in [1.54, 1.807) is 5.92 Å². The molecule has 0 atom stereocenters. The summed E-state index contributed by atoms with van der Waals surface area (Å²) in [5, 5.41) is 0.256. The summed E-state index contributed by atoms with van der Waals surface area (Å²) in [4.78, 5) is 0. The van der Waals surface area contributed by atoms with Crippen LogP contribution in [0.4, 0.5) is 19.4 Å². The van der Waals surface area contributed by atoms with Crippen molar-refractivity contribution in [3.05, 3.63) is 0 Å². The molecule has 0 heterocycles. The number of ether oxygens (including phenoxy) is 2. The molecule has 0 bridgehead atoms. The molecule has 0 rings (SSSR count). The van der Waals surface area contributed by atoms with Crippen LogP contribution in [0.25, 0.3) is 0 Å². The molecule has 176 valence electrons. The van der Waals surface area contributed by atoms with Crippen LogP contribution in [0.1, 0.15) is 97.3 Å². The fourth-order valence-electron chi connectivity index (χ4n) is 2.82. The standard InChI is InChI=1S/C21H39F5O2S/c1-21(2)28-19-18-27-17-15-13-11-9-7-5-3-4-6-8-10-12-14-16-20-29(22,23,24,25)26/h21H,3-15,17-19H2,1-2H3. The van der Waals surface area contributed by atoms with Gasteiger partial charge < -0.3 is 9.47 Å². The second-order valence-corrected chi connectivity index (χ2v) is 9.91. The first-order chi connectivity index (χ1) is 13.4. The van der Waals surface area contributed by atoms with Gasteiger partial charge in [-0.05, 0) is 26.7 Å².